The fraction of sp³-hybridized carbons (Fsp3) is 0.647. The van der Waals surface area contributed by atoms with E-state index in [9.17, 15) is 0 Å². The standard InChI is InChI=1S/C34H50Cl2N6/c1-37-7-3-33(4-8-37)41-15-11-39(12-16-41)25-27-19-28(21-29(20-27)30-22-31(35)24-32(36)23-30)26-40-13-17-42(18-14-40)34-5-9-38(2)10-6-34/h19-24,33-34H,3-18,25-26H2,1-2H3. The maximum atomic E-state index is 6.45. The number of halogens is 2. The third kappa shape index (κ3) is 8.08. The summed E-state index contributed by atoms with van der Waals surface area (Å²) in [6.45, 7) is 16.3. The molecule has 2 aromatic carbocycles. The number of hydrogen-bond acceptors (Lipinski definition) is 6. The van der Waals surface area contributed by atoms with Gasteiger partial charge in [-0.3, -0.25) is 19.6 Å². The number of rotatable bonds is 7. The minimum Gasteiger partial charge on any atom is -0.306 e. The van der Waals surface area contributed by atoms with Gasteiger partial charge in [0.05, 0.1) is 0 Å². The second kappa shape index (κ2) is 14.3. The molecule has 0 unspecified atom stereocenters. The van der Waals surface area contributed by atoms with Crippen LogP contribution in [-0.2, 0) is 13.1 Å². The van der Waals surface area contributed by atoms with Crippen molar-refractivity contribution in [2.75, 3.05) is 92.6 Å². The number of likely N-dealkylation sites (tertiary alicyclic amines) is 2. The molecular weight excluding hydrogens is 563 g/mol. The Morgan fingerprint density at radius 3 is 1.29 bits per heavy atom. The van der Waals surface area contributed by atoms with Crippen LogP contribution in [0.2, 0.25) is 10.0 Å². The van der Waals surface area contributed by atoms with E-state index in [1.165, 1.54) is 94.7 Å². The van der Waals surface area contributed by atoms with Gasteiger partial charge < -0.3 is 9.80 Å². The normalized spacial score (nSPS) is 24.0. The van der Waals surface area contributed by atoms with Gasteiger partial charge in [-0.05, 0) is 119 Å². The van der Waals surface area contributed by atoms with Gasteiger partial charge in [0.2, 0.25) is 0 Å². The highest BCUT2D eigenvalue weighted by Gasteiger charge is 2.28. The summed E-state index contributed by atoms with van der Waals surface area (Å²) in [4.78, 5) is 15.8. The lowest BCUT2D eigenvalue weighted by atomic mass is 9.98. The fourth-order valence-electron chi connectivity index (χ4n) is 7.64. The first-order chi connectivity index (χ1) is 20.4. The zero-order chi connectivity index (χ0) is 29.1. The topological polar surface area (TPSA) is 19.4 Å². The van der Waals surface area contributed by atoms with E-state index < -0.39 is 0 Å². The van der Waals surface area contributed by atoms with Crippen molar-refractivity contribution in [1.82, 2.24) is 29.4 Å². The van der Waals surface area contributed by atoms with Crippen LogP contribution in [0.25, 0.3) is 11.1 Å². The maximum Gasteiger partial charge on any atom is 0.0426 e. The van der Waals surface area contributed by atoms with E-state index in [1.807, 2.05) is 6.07 Å². The van der Waals surface area contributed by atoms with Gasteiger partial charge in [0.1, 0.15) is 0 Å². The van der Waals surface area contributed by atoms with Crippen LogP contribution < -0.4 is 0 Å². The first-order valence-corrected chi connectivity index (χ1v) is 17.0. The molecule has 2 aromatic rings. The van der Waals surface area contributed by atoms with Crippen LogP contribution in [0.4, 0.5) is 0 Å². The lowest BCUT2D eigenvalue weighted by molar-refractivity contribution is 0.0611. The van der Waals surface area contributed by atoms with Crippen LogP contribution in [0.15, 0.2) is 36.4 Å². The Morgan fingerprint density at radius 2 is 0.881 bits per heavy atom. The van der Waals surface area contributed by atoms with Crippen molar-refractivity contribution in [3.05, 3.63) is 57.6 Å². The molecule has 4 fully saturated rings. The lowest BCUT2D eigenvalue weighted by Crippen LogP contribution is -2.52. The summed E-state index contributed by atoms with van der Waals surface area (Å²) in [6, 6.07) is 14.7. The number of benzene rings is 2. The monoisotopic (exact) mass is 612 g/mol. The highest BCUT2D eigenvalue weighted by atomic mass is 35.5. The predicted molar refractivity (Wildman–Crippen MR) is 177 cm³/mol. The van der Waals surface area contributed by atoms with Crippen molar-refractivity contribution < 1.29 is 0 Å². The van der Waals surface area contributed by atoms with Gasteiger partial charge in [-0.1, -0.05) is 29.3 Å². The van der Waals surface area contributed by atoms with Crippen LogP contribution in [0, 0.1) is 0 Å². The molecule has 0 radical (unpaired) electrons. The average molecular weight is 614 g/mol. The molecule has 4 aliphatic heterocycles. The Balaban J connectivity index is 1.11. The summed E-state index contributed by atoms with van der Waals surface area (Å²) >= 11 is 12.9. The van der Waals surface area contributed by atoms with E-state index in [0.29, 0.717) is 10.0 Å². The SMILES string of the molecule is CN1CCC(N2CCN(Cc3cc(CN4CCN(C5CCN(C)CC5)CC4)cc(-c4cc(Cl)cc(Cl)c4)c3)CC2)CC1. The second-order valence-electron chi connectivity index (χ2n) is 13.4. The third-order valence-corrected chi connectivity index (χ3v) is 10.7. The molecule has 0 atom stereocenters. The minimum atomic E-state index is 0.694. The van der Waals surface area contributed by atoms with Gasteiger partial charge in [-0.2, -0.15) is 0 Å². The molecule has 6 nitrogen and oxygen atoms in total. The predicted octanol–water partition coefficient (Wildman–Crippen LogP) is 5.08. The average Bonchev–Trinajstić information content (AvgIpc) is 2.98. The third-order valence-electron chi connectivity index (χ3n) is 10.3. The van der Waals surface area contributed by atoms with E-state index in [2.05, 4.69) is 73.8 Å². The van der Waals surface area contributed by atoms with E-state index in [-0.39, 0.29) is 0 Å². The summed E-state index contributed by atoms with van der Waals surface area (Å²) < 4.78 is 0. The molecule has 0 bridgehead atoms. The van der Waals surface area contributed by atoms with Crippen molar-refractivity contribution in [3.8, 4) is 11.1 Å². The zero-order valence-electron chi connectivity index (χ0n) is 25.8. The van der Waals surface area contributed by atoms with Crippen LogP contribution in [-0.4, -0.2) is 134 Å². The van der Waals surface area contributed by atoms with Gasteiger partial charge in [-0.25, -0.2) is 0 Å². The highest BCUT2D eigenvalue weighted by Crippen LogP contribution is 2.30. The van der Waals surface area contributed by atoms with Gasteiger partial charge in [-0.15, -0.1) is 0 Å². The van der Waals surface area contributed by atoms with Gasteiger partial charge in [0.25, 0.3) is 0 Å². The molecule has 42 heavy (non-hydrogen) atoms. The quantitative estimate of drug-likeness (QED) is 0.431. The minimum absolute atomic E-state index is 0.694. The molecule has 0 N–H and O–H groups in total. The van der Waals surface area contributed by atoms with Gasteiger partial charge in [0, 0.05) is 87.6 Å². The lowest BCUT2D eigenvalue weighted by Gasteiger charge is -2.42. The van der Waals surface area contributed by atoms with Gasteiger partial charge >= 0.3 is 0 Å². The molecule has 0 aliphatic carbocycles. The van der Waals surface area contributed by atoms with Crippen molar-refractivity contribution in [1.29, 1.82) is 0 Å². The molecule has 4 saturated heterocycles. The van der Waals surface area contributed by atoms with Crippen molar-refractivity contribution in [3.63, 3.8) is 0 Å². The number of piperidine rings is 2. The largest absolute Gasteiger partial charge is 0.306 e. The van der Waals surface area contributed by atoms with E-state index in [4.69, 9.17) is 23.2 Å². The summed E-state index contributed by atoms with van der Waals surface area (Å²) in [7, 11) is 4.51. The molecule has 6 rings (SSSR count). The van der Waals surface area contributed by atoms with E-state index >= 15 is 0 Å². The van der Waals surface area contributed by atoms with Crippen molar-refractivity contribution >= 4 is 23.2 Å². The van der Waals surface area contributed by atoms with Crippen LogP contribution in [0.5, 0.6) is 0 Å². The first kappa shape index (κ1) is 30.8. The molecule has 4 aliphatic rings. The molecule has 8 heteroatoms. The fourth-order valence-corrected chi connectivity index (χ4v) is 8.17. The molecule has 0 spiro atoms. The van der Waals surface area contributed by atoms with E-state index in [0.717, 1.165) is 56.9 Å². The molecule has 4 heterocycles. The Bertz CT molecular complexity index is 1080. The Hall–Kier alpha value is -1.22. The summed E-state index contributed by atoms with van der Waals surface area (Å²) in [6.07, 6.45) is 5.26. The van der Waals surface area contributed by atoms with Gasteiger partial charge in [0.15, 0.2) is 0 Å². The Labute approximate surface area is 264 Å². The number of nitrogens with zero attached hydrogens (tertiary/aromatic N) is 6. The Kier molecular flexibility index (Phi) is 10.5. The van der Waals surface area contributed by atoms with Crippen LogP contribution in [0.1, 0.15) is 36.8 Å². The molecular formula is C34H50Cl2N6. The van der Waals surface area contributed by atoms with E-state index in [1.54, 1.807) is 0 Å². The summed E-state index contributed by atoms with van der Waals surface area (Å²) in [5.74, 6) is 0. The highest BCUT2D eigenvalue weighted by molar-refractivity contribution is 6.35. The summed E-state index contributed by atoms with van der Waals surface area (Å²) in [5, 5.41) is 1.39. The number of hydrogen-bond donors (Lipinski definition) is 0. The Morgan fingerprint density at radius 1 is 0.500 bits per heavy atom. The smallest absolute Gasteiger partial charge is 0.0426 e. The molecule has 0 aromatic heterocycles. The number of piperazine rings is 2. The molecule has 0 amide bonds. The first-order valence-electron chi connectivity index (χ1n) is 16.3. The zero-order valence-corrected chi connectivity index (χ0v) is 27.3. The van der Waals surface area contributed by atoms with Crippen molar-refractivity contribution in [2.45, 2.75) is 50.9 Å². The second-order valence-corrected chi connectivity index (χ2v) is 14.3. The molecule has 230 valence electrons. The van der Waals surface area contributed by atoms with Crippen LogP contribution >= 0.6 is 23.2 Å². The van der Waals surface area contributed by atoms with Crippen molar-refractivity contribution in [2.24, 2.45) is 0 Å². The molecule has 0 saturated carbocycles. The maximum absolute atomic E-state index is 6.45. The van der Waals surface area contributed by atoms with Crippen LogP contribution in [0.3, 0.4) is 0 Å². The summed E-state index contributed by atoms with van der Waals surface area (Å²) in [5.41, 5.74) is 5.13.